The van der Waals surface area contributed by atoms with Crippen molar-refractivity contribution in [3.05, 3.63) is 30.1 Å². The van der Waals surface area contributed by atoms with Crippen LogP contribution in [0.4, 0.5) is 0 Å². The molecule has 0 N–H and O–H groups in total. The molecule has 0 fully saturated rings. The summed E-state index contributed by atoms with van der Waals surface area (Å²) in [5.41, 5.74) is 0. The molecule has 5 nitrogen and oxygen atoms in total. The molecule has 0 unspecified atom stereocenters. The first kappa shape index (κ1) is 12.0. The van der Waals surface area contributed by atoms with Crippen molar-refractivity contribution in [3.63, 3.8) is 0 Å². The molecule has 1 aromatic carbocycles. The van der Waals surface area contributed by atoms with E-state index in [4.69, 9.17) is 4.74 Å². The molecule has 90 valence electrons. The summed E-state index contributed by atoms with van der Waals surface area (Å²) in [4.78, 5) is 0. The molecule has 2 aromatic rings. The summed E-state index contributed by atoms with van der Waals surface area (Å²) >= 11 is 0. The van der Waals surface area contributed by atoms with Crippen molar-refractivity contribution in [2.75, 3.05) is 13.3 Å². The third kappa shape index (κ3) is 3.01. The normalized spacial score (nSPS) is 10.8. The number of tetrazole rings is 1. The third-order valence-electron chi connectivity index (χ3n) is 2.43. The molecule has 0 aliphatic carbocycles. The number of aromatic nitrogens is 4. The standard InChI is InChI=1S/C11H15N4OP/c1-15-11(12-13-14-15)8-16-9-4-6-10(7-5-9)17(2)3/h4-7H,8H2,1-3H3. The minimum atomic E-state index is -0.0506. The molecule has 0 saturated carbocycles. The van der Waals surface area contributed by atoms with Crippen LogP contribution >= 0.6 is 7.92 Å². The van der Waals surface area contributed by atoms with Gasteiger partial charge in [0.25, 0.3) is 0 Å². The summed E-state index contributed by atoms with van der Waals surface area (Å²) in [6.45, 7) is 4.85. The molecule has 0 amide bonds. The van der Waals surface area contributed by atoms with E-state index in [0.29, 0.717) is 12.4 Å². The van der Waals surface area contributed by atoms with Crippen molar-refractivity contribution in [2.45, 2.75) is 6.61 Å². The average Bonchev–Trinajstić information content (AvgIpc) is 2.73. The van der Waals surface area contributed by atoms with E-state index in [1.807, 2.05) is 12.1 Å². The largest absolute Gasteiger partial charge is 0.486 e. The Kier molecular flexibility index (Phi) is 3.69. The number of ether oxygens (including phenoxy) is 1. The number of nitrogens with zero attached hydrogens (tertiary/aromatic N) is 4. The van der Waals surface area contributed by atoms with Gasteiger partial charge < -0.3 is 4.74 Å². The number of hydrogen-bond donors (Lipinski definition) is 0. The predicted molar refractivity (Wildman–Crippen MR) is 68.0 cm³/mol. The number of benzene rings is 1. The molecule has 2 rings (SSSR count). The Balaban J connectivity index is 1.98. The van der Waals surface area contributed by atoms with Crippen LogP contribution in [0.15, 0.2) is 24.3 Å². The second-order valence-corrected chi connectivity index (χ2v) is 6.20. The highest BCUT2D eigenvalue weighted by molar-refractivity contribution is 7.64. The van der Waals surface area contributed by atoms with Gasteiger partial charge in [-0.25, -0.2) is 4.68 Å². The van der Waals surface area contributed by atoms with Crippen molar-refractivity contribution in [1.82, 2.24) is 20.2 Å². The van der Waals surface area contributed by atoms with E-state index in [-0.39, 0.29) is 7.92 Å². The maximum Gasteiger partial charge on any atom is 0.188 e. The molecule has 6 heteroatoms. The van der Waals surface area contributed by atoms with Crippen molar-refractivity contribution in [2.24, 2.45) is 7.05 Å². The van der Waals surface area contributed by atoms with E-state index in [9.17, 15) is 0 Å². The van der Waals surface area contributed by atoms with Crippen molar-refractivity contribution < 1.29 is 4.74 Å². The lowest BCUT2D eigenvalue weighted by molar-refractivity contribution is 0.289. The van der Waals surface area contributed by atoms with Gasteiger partial charge in [0.15, 0.2) is 5.82 Å². The monoisotopic (exact) mass is 250 g/mol. The van der Waals surface area contributed by atoms with Gasteiger partial charge in [0, 0.05) is 7.05 Å². The molecule has 0 spiro atoms. The smallest absolute Gasteiger partial charge is 0.188 e. The lowest BCUT2D eigenvalue weighted by Crippen LogP contribution is -2.05. The lowest BCUT2D eigenvalue weighted by atomic mass is 10.3. The maximum atomic E-state index is 5.61. The van der Waals surface area contributed by atoms with Gasteiger partial charge in [-0.15, -0.1) is 5.10 Å². The Hall–Kier alpha value is -1.48. The Morgan fingerprint density at radius 3 is 2.47 bits per heavy atom. The molecule has 17 heavy (non-hydrogen) atoms. The second kappa shape index (κ2) is 5.23. The fraction of sp³-hybridized carbons (Fsp3) is 0.364. The van der Waals surface area contributed by atoms with Crippen LogP contribution in [0.2, 0.25) is 0 Å². The van der Waals surface area contributed by atoms with Crippen LogP contribution in [-0.4, -0.2) is 33.5 Å². The van der Waals surface area contributed by atoms with Crippen LogP contribution in [-0.2, 0) is 13.7 Å². The van der Waals surface area contributed by atoms with Crippen LogP contribution in [0.5, 0.6) is 5.75 Å². The van der Waals surface area contributed by atoms with Crippen LogP contribution in [0.1, 0.15) is 5.82 Å². The summed E-state index contributed by atoms with van der Waals surface area (Å²) in [5, 5.41) is 12.5. The fourth-order valence-electron chi connectivity index (χ4n) is 1.36. The van der Waals surface area contributed by atoms with Crippen LogP contribution in [0, 0.1) is 0 Å². The number of rotatable bonds is 4. The minimum Gasteiger partial charge on any atom is -0.486 e. The zero-order chi connectivity index (χ0) is 12.3. The van der Waals surface area contributed by atoms with Gasteiger partial charge in [-0.05, 0) is 41.2 Å². The topological polar surface area (TPSA) is 52.8 Å². The predicted octanol–water partition coefficient (Wildman–Crippen LogP) is 1.16. The lowest BCUT2D eigenvalue weighted by Gasteiger charge is -2.08. The first-order valence-electron chi connectivity index (χ1n) is 5.28. The van der Waals surface area contributed by atoms with Crippen molar-refractivity contribution in [3.8, 4) is 5.75 Å². The molecule has 1 aromatic heterocycles. The Bertz CT molecular complexity index is 480. The van der Waals surface area contributed by atoms with E-state index in [2.05, 4.69) is 41.0 Å². The highest BCUT2D eigenvalue weighted by Gasteiger charge is 2.03. The average molecular weight is 250 g/mol. The Morgan fingerprint density at radius 2 is 1.94 bits per heavy atom. The molecule has 1 heterocycles. The molecular formula is C11H15N4OP. The van der Waals surface area contributed by atoms with Gasteiger partial charge in [0.1, 0.15) is 12.4 Å². The summed E-state index contributed by atoms with van der Waals surface area (Å²) in [6.07, 6.45) is 0. The molecule has 0 bridgehead atoms. The van der Waals surface area contributed by atoms with Gasteiger partial charge >= 0.3 is 0 Å². The van der Waals surface area contributed by atoms with Crippen LogP contribution in [0.25, 0.3) is 0 Å². The quantitative estimate of drug-likeness (QED) is 0.764. The second-order valence-electron chi connectivity index (χ2n) is 3.90. The van der Waals surface area contributed by atoms with E-state index in [1.165, 1.54) is 5.30 Å². The Labute approximate surface area is 102 Å². The first-order valence-corrected chi connectivity index (χ1v) is 7.52. The molecular weight excluding hydrogens is 235 g/mol. The van der Waals surface area contributed by atoms with Gasteiger partial charge in [-0.1, -0.05) is 20.1 Å². The zero-order valence-electron chi connectivity index (χ0n) is 10.2. The molecule has 0 aliphatic rings. The molecule has 0 atom stereocenters. The Morgan fingerprint density at radius 1 is 1.24 bits per heavy atom. The summed E-state index contributed by atoms with van der Waals surface area (Å²) in [7, 11) is 1.74. The third-order valence-corrected chi connectivity index (χ3v) is 3.76. The van der Waals surface area contributed by atoms with E-state index < -0.39 is 0 Å². The van der Waals surface area contributed by atoms with Gasteiger partial charge in [0.2, 0.25) is 0 Å². The van der Waals surface area contributed by atoms with Gasteiger partial charge in [-0.2, -0.15) is 0 Å². The summed E-state index contributed by atoms with van der Waals surface area (Å²) < 4.78 is 7.21. The highest BCUT2D eigenvalue weighted by atomic mass is 31.1. The first-order chi connectivity index (χ1) is 8.16. The van der Waals surface area contributed by atoms with E-state index >= 15 is 0 Å². The van der Waals surface area contributed by atoms with Crippen LogP contribution < -0.4 is 10.0 Å². The number of aryl methyl sites for hydroxylation is 1. The molecule has 0 saturated heterocycles. The maximum absolute atomic E-state index is 5.61. The number of hydrogen-bond acceptors (Lipinski definition) is 4. The highest BCUT2D eigenvalue weighted by Crippen LogP contribution is 2.24. The van der Waals surface area contributed by atoms with Crippen molar-refractivity contribution >= 4 is 13.2 Å². The van der Waals surface area contributed by atoms with Gasteiger partial charge in [-0.3, -0.25) is 0 Å². The van der Waals surface area contributed by atoms with E-state index in [1.54, 1.807) is 11.7 Å². The molecule has 0 radical (unpaired) electrons. The minimum absolute atomic E-state index is 0.0506. The van der Waals surface area contributed by atoms with Crippen molar-refractivity contribution in [1.29, 1.82) is 0 Å². The van der Waals surface area contributed by atoms with Crippen LogP contribution in [0.3, 0.4) is 0 Å². The SMILES string of the molecule is Cn1nnnc1COc1ccc(P(C)C)cc1. The molecule has 0 aliphatic heterocycles. The fourth-order valence-corrected chi connectivity index (χ4v) is 2.10. The summed E-state index contributed by atoms with van der Waals surface area (Å²) in [6, 6.07) is 8.19. The zero-order valence-corrected chi connectivity index (χ0v) is 11.1. The van der Waals surface area contributed by atoms with E-state index in [0.717, 1.165) is 5.75 Å². The summed E-state index contributed by atoms with van der Waals surface area (Å²) in [5.74, 6) is 1.55. The van der Waals surface area contributed by atoms with Gasteiger partial charge in [0.05, 0.1) is 0 Å².